The Hall–Kier alpha value is -1.37. The second-order valence-electron chi connectivity index (χ2n) is 4.34. The molecule has 2 rings (SSSR count). The fourth-order valence-electron chi connectivity index (χ4n) is 1.89. The van der Waals surface area contributed by atoms with E-state index in [1.54, 1.807) is 12.1 Å². The van der Waals surface area contributed by atoms with Crippen LogP contribution >= 0.6 is 0 Å². The number of rotatable bonds is 4. The predicted molar refractivity (Wildman–Crippen MR) is 66.3 cm³/mol. The summed E-state index contributed by atoms with van der Waals surface area (Å²) >= 11 is 0. The molecule has 0 bridgehead atoms. The number of anilines is 2. The summed E-state index contributed by atoms with van der Waals surface area (Å²) in [5, 5.41) is 15.6. The molecule has 1 heterocycles. The summed E-state index contributed by atoms with van der Waals surface area (Å²) in [6.07, 6.45) is 0.698. The quantitative estimate of drug-likeness (QED) is 0.577. The van der Waals surface area contributed by atoms with E-state index < -0.39 is 11.9 Å². The third kappa shape index (κ3) is 4.63. The van der Waals surface area contributed by atoms with Crippen molar-refractivity contribution < 1.29 is 49.0 Å². The molecule has 20 heavy (non-hydrogen) atoms. The minimum atomic E-state index is -1.26. The fraction of sp³-hybridized carbons (Fsp3) is 0.308. The van der Waals surface area contributed by atoms with Gasteiger partial charge in [-0.25, -0.2) is 0 Å². The van der Waals surface area contributed by atoms with Crippen molar-refractivity contribution in [3.63, 3.8) is 0 Å². The molecule has 0 radical (unpaired) electrons. The summed E-state index contributed by atoms with van der Waals surface area (Å²) in [5.74, 6) is -1.70. The number of aryl methyl sites for hydroxylation is 1. The Morgan fingerprint density at radius 2 is 2.00 bits per heavy atom. The van der Waals surface area contributed by atoms with Crippen LogP contribution in [-0.4, -0.2) is 17.8 Å². The molecule has 0 atom stereocenters. The van der Waals surface area contributed by atoms with Crippen molar-refractivity contribution in [2.24, 2.45) is 0 Å². The minimum Gasteiger partial charge on any atom is -0.550 e. The van der Waals surface area contributed by atoms with Gasteiger partial charge in [0, 0.05) is 30.2 Å². The molecule has 0 saturated carbocycles. The number of benzene rings is 1. The Labute approximate surface area is 138 Å². The van der Waals surface area contributed by atoms with E-state index in [9.17, 15) is 19.5 Å². The number of carbonyl (C=O) groups is 3. The van der Waals surface area contributed by atoms with Crippen molar-refractivity contribution in [2.45, 2.75) is 25.7 Å². The number of carboxylic acids is 1. The molecule has 1 aromatic carbocycles. The van der Waals surface area contributed by atoms with Crippen molar-refractivity contribution in [3.8, 4) is 0 Å². The van der Waals surface area contributed by atoms with Gasteiger partial charge in [-0.15, -0.1) is 0 Å². The van der Waals surface area contributed by atoms with Gasteiger partial charge in [-0.1, -0.05) is 6.07 Å². The number of carboxylic acid groups (broad SMARTS) is 1. The molecule has 2 amide bonds. The van der Waals surface area contributed by atoms with Crippen molar-refractivity contribution in [2.75, 3.05) is 10.6 Å². The maximum atomic E-state index is 11.5. The number of nitrogens with one attached hydrogen (secondary N) is 2. The fourth-order valence-corrected chi connectivity index (χ4v) is 1.89. The third-order valence-electron chi connectivity index (χ3n) is 2.85. The first-order chi connectivity index (χ1) is 9.04. The molecule has 1 aromatic rings. The average Bonchev–Trinajstić information content (AvgIpc) is 2.36. The number of hydrogen-bond donors (Lipinski definition) is 2. The predicted octanol–water partition coefficient (Wildman–Crippen LogP) is -2.96. The molecule has 0 fully saturated rings. The van der Waals surface area contributed by atoms with Crippen LogP contribution in [0.3, 0.4) is 0 Å². The molecule has 2 N–H and O–H groups in total. The van der Waals surface area contributed by atoms with Crippen molar-refractivity contribution >= 4 is 29.2 Å². The van der Waals surface area contributed by atoms with E-state index in [1.807, 2.05) is 6.07 Å². The van der Waals surface area contributed by atoms with Crippen LogP contribution in [0.1, 0.15) is 24.8 Å². The third-order valence-corrected chi connectivity index (χ3v) is 2.85. The number of hydrogen-bond acceptors (Lipinski definition) is 4. The molecule has 0 unspecified atom stereocenters. The second kappa shape index (κ2) is 7.42. The molecule has 100 valence electrons. The topological polar surface area (TPSA) is 98.3 Å². The van der Waals surface area contributed by atoms with Gasteiger partial charge in [0.2, 0.25) is 11.8 Å². The molecule has 6 nitrogen and oxygen atoms in total. The van der Waals surface area contributed by atoms with Crippen LogP contribution in [0.25, 0.3) is 0 Å². The van der Waals surface area contributed by atoms with Crippen LogP contribution in [0.5, 0.6) is 0 Å². The van der Waals surface area contributed by atoms with Gasteiger partial charge in [0.1, 0.15) is 0 Å². The summed E-state index contributed by atoms with van der Waals surface area (Å²) in [4.78, 5) is 33.0. The van der Waals surface area contributed by atoms with Crippen molar-refractivity contribution in [1.29, 1.82) is 0 Å². The van der Waals surface area contributed by atoms with Crippen LogP contribution in [-0.2, 0) is 20.8 Å². The number of carbonyl (C=O) groups excluding carboxylic acids is 3. The molecule has 1 aliphatic heterocycles. The Bertz CT molecular complexity index is 545. The normalized spacial score (nSPS) is 12.7. The molecule has 7 heteroatoms. The first-order valence-corrected chi connectivity index (χ1v) is 5.97. The largest absolute Gasteiger partial charge is 1.00 e. The van der Waals surface area contributed by atoms with E-state index in [0.717, 1.165) is 5.56 Å². The van der Waals surface area contributed by atoms with Crippen molar-refractivity contribution in [3.05, 3.63) is 23.8 Å². The molecule has 1 aliphatic rings. The maximum Gasteiger partial charge on any atom is 1.00 e. The summed E-state index contributed by atoms with van der Waals surface area (Å²) in [6.45, 7) is 0. The van der Waals surface area contributed by atoms with E-state index in [-0.39, 0.29) is 48.3 Å². The van der Waals surface area contributed by atoms with Gasteiger partial charge in [-0.2, -0.15) is 0 Å². The van der Waals surface area contributed by atoms with Crippen LogP contribution in [0.2, 0.25) is 0 Å². The Kier molecular flexibility index (Phi) is 6.19. The SMILES string of the molecule is O=C([O-])CCC(=O)Nc1ccc2c(c1)NC(=O)CC2.[Na+]. The standard InChI is InChI=1S/C13H14N2O4.Na/c16-11(5-6-13(18)19)14-9-3-1-8-2-4-12(17)15-10(8)7-9;/h1,3,7H,2,4-6H2,(H,14,16)(H,15,17)(H,18,19);/q;+1/p-1. The molecule has 0 saturated heterocycles. The maximum absolute atomic E-state index is 11.5. The van der Waals surface area contributed by atoms with E-state index in [0.29, 0.717) is 24.2 Å². The van der Waals surface area contributed by atoms with Crippen LogP contribution < -0.4 is 45.3 Å². The van der Waals surface area contributed by atoms with Gasteiger partial charge >= 0.3 is 29.6 Å². The number of fused-ring (bicyclic) bond motifs is 1. The smallest absolute Gasteiger partial charge is 0.550 e. The Balaban J connectivity index is 0.00000200. The second-order valence-corrected chi connectivity index (χ2v) is 4.34. The van der Waals surface area contributed by atoms with E-state index >= 15 is 0 Å². The van der Waals surface area contributed by atoms with Crippen LogP contribution in [0.15, 0.2) is 18.2 Å². The van der Waals surface area contributed by atoms with Gasteiger partial charge in [0.15, 0.2) is 0 Å². The molecule has 0 aromatic heterocycles. The first kappa shape index (κ1) is 16.7. The van der Waals surface area contributed by atoms with Gasteiger partial charge in [-0.3, -0.25) is 9.59 Å². The Morgan fingerprint density at radius 3 is 2.70 bits per heavy atom. The molecular weight excluding hydrogens is 271 g/mol. The van der Waals surface area contributed by atoms with E-state index in [2.05, 4.69) is 10.6 Å². The molecular formula is C13H13N2NaO4. The zero-order valence-electron chi connectivity index (χ0n) is 11.2. The van der Waals surface area contributed by atoms with Crippen LogP contribution in [0, 0.1) is 0 Å². The summed E-state index contributed by atoms with van der Waals surface area (Å²) in [6, 6.07) is 5.24. The van der Waals surface area contributed by atoms with Gasteiger partial charge in [0.25, 0.3) is 0 Å². The summed E-state index contributed by atoms with van der Waals surface area (Å²) < 4.78 is 0. The van der Waals surface area contributed by atoms with Crippen molar-refractivity contribution in [1.82, 2.24) is 0 Å². The average molecular weight is 284 g/mol. The monoisotopic (exact) mass is 284 g/mol. The minimum absolute atomic E-state index is 0. The number of aliphatic carboxylic acids is 1. The summed E-state index contributed by atoms with van der Waals surface area (Å²) in [7, 11) is 0. The van der Waals surface area contributed by atoms with E-state index in [4.69, 9.17) is 0 Å². The van der Waals surface area contributed by atoms with Gasteiger partial charge in [-0.05, 0) is 30.5 Å². The van der Waals surface area contributed by atoms with Gasteiger partial charge < -0.3 is 20.5 Å². The Morgan fingerprint density at radius 1 is 1.25 bits per heavy atom. The molecule has 0 spiro atoms. The number of amides is 2. The zero-order chi connectivity index (χ0) is 13.8. The van der Waals surface area contributed by atoms with Gasteiger partial charge in [0.05, 0.1) is 0 Å². The van der Waals surface area contributed by atoms with Crippen LogP contribution in [0.4, 0.5) is 11.4 Å². The first-order valence-electron chi connectivity index (χ1n) is 5.97. The zero-order valence-corrected chi connectivity index (χ0v) is 13.2. The summed E-state index contributed by atoms with van der Waals surface area (Å²) in [5.41, 5.74) is 2.24. The van der Waals surface area contributed by atoms with E-state index in [1.165, 1.54) is 0 Å². The molecule has 0 aliphatic carbocycles.